The van der Waals surface area contributed by atoms with Gasteiger partial charge < -0.3 is 9.88 Å². The number of nitrogens with one attached hydrogen (secondary N) is 1. The van der Waals surface area contributed by atoms with Gasteiger partial charge in [-0.05, 0) is 52.9 Å². The standard InChI is InChI=1S/C28H28ClFN2O/c1-19(2)16-31-28(33)15-25(21-6-5-7-22(29)14-21)26-18-32(27-9-4-3-8-24(26)27)17-20-10-12-23(30)13-11-20/h3-14,18-19,25H,15-17H2,1-2H3,(H,31,33)/t25-/m0/s1. The van der Waals surface area contributed by atoms with E-state index in [9.17, 15) is 9.18 Å². The monoisotopic (exact) mass is 462 g/mol. The summed E-state index contributed by atoms with van der Waals surface area (Å²) in [5.74, 6) is 0.0145. The lowest BCUT2D eigenvalue weighted by molar-refractivity contribution is -0.121. The van der Waals surface area contributed by atoms with Crippen LogP contribution in [0.4, 0.5) is 4.39 Å². The molecule has 0 saturated carbocycles. The van der Waals surface area contributed by atoms with Crippen LogP contribution in [0.3, 0.4) is 0 Å². The molecule has 3 aromatic carbocycles. The van der Waals surface area contributed by atoms with Gasteiger partial charge in [0.2, 0.25) is 5.91 Å². The Morgan fingerprint density at radius 2 is 1.79 bits per heavy atom. The number of carbonyl (C=O) groups excluding carboxylic acids is 1. The molecule has 1 N–H and O–H groups in total. The molecule has 0 fully saturated rings. The van der Waals surface area contributed by atoms with Crippen LogP contribution in [-0.4, -0.2) is 17.0 Å². The molecule has 0 bridgehead atoms. The Hall–Kier alpha value is -3.11. The van der Waals surface area contributed by atoms with Crippen LogP contribution in [-0.2, 0) is 11.3 Å². The van der Waals surface area contributed by atoms with Crippen molar-refractivity contribution in [3.8, 4) is 0 Å². The van der Waals surface area contributed by atoms with Crippen LogP contribution in [0.5, 0.6) is 0 Å². The minimum atomic E-state index is -0.245. The van der Waals surface area contributed by atoms with Gasteiger partial charge in [-0.3, -0.25) is 4.79 Å². The van der Waals surface area contributed by atoms with Crippen molar-refractivity contribution in [1.82, 2.24) is 9.88 Å². The van der Waals surface area contributed by atoms with E-state index in [0.717, 1.165) is 27.6 Å². The second-order valence-corrected chi connectivity index (χ2v) is 9.30. The highest BCUT2D eigenvalue weighted by atomic mass is 35.5. The first-order chi connectivity index (χ1) is 15.9. The van der Waals surface area contributed by atoms with E-state index in [0.29, 0.717) is 30.5 Å². The van der Waals surface area contributed by atoms with Crippen molar-refractivity contribution in [1.29, 1.82) is 0 Å². The summed E-state index contributed by atoms with van der Waals surface area (Å²) >= 11 is 6.32. The van der Waals surface area contributed by atoms with Gasteiger partial charge in [0.1, 0.15) is 5.82 Å². The average Bonchev–Trinajstić information content (AvgIpc) is 3.16. The number of hydrogen-bond donors (Lipinski definition) is 1. The highest BCUT2D eigenvalue weighted by molar-refractivity contribution is 6.30. The van der Waals surface area contributed by atoms with E-state index >= 15 is 0 Å². The first-order valence-corrected chi connectivity index (χ1v) is 11.6. The van der Waals surface area contributed by atoms with Gasteiger partial charge in [0.25, 0.3) is 0 Å². The summed E-state index contributed by atoms with van der Waals surface area (Å²) in [7, 11) is 0. The summed E-state index contributed by atoms with van der Waals surface area (Å²) in [6, 6.07) is 22.5. The molecular weight excluding hydrogens is 435 g/mol. The van der Waals surface area contributed by atoms with E-state index in [2.05, 4.69) is 42.1 Å². The van der Waals surface area contributed by atoms with Crippen molar-refractivity contribution >= 4 is 28.4 Å². The first-order valence-electron chi connectivity index (χ1n) is 11.2. The van der Waals surface area contributed by atoms with Crippen LogP contribution in [0.25, 0.3) is 10.9 Å². The van der Waals surface area contributed by atoms with Crippen LogP contribution < -0.4 is 5.32 Å². The lowest BCUT2D eigenvalue weighted by atomic mass is 9.88. The quantitative estimate of drug-likeness (QED) is 0.308. The zero-order valence-corrected chi connectivity index (χ0v) is 19.6. The summed E-state index contributed by atoms with van der Waals surface area (Å²) in [6.45, 7) is 5.42. The maximum atomic E-state index is 13.4. The zero-order chi connectivity index (χ0) is 23.4. The molecule has 0 spiro atoms. The smallest absolute Gasteiger partial charge is 0.220 e. The van der Waals surface area contributed by atoms with Crippen molar-refractivity contribution in [3.05, 3.63) is 107 Å². The largest absolute Gasteiger partial charge is 0.356 e. The number of rotatable bonds is 8. The summed E-state index contributed by atoms with van der Waals surface area (Å²) in [5.41, 5.74) is 4.17. The van der Waals surface area contributed by atoms with E-state index in [1.54, 1.807) is 12.1 Å². The molecule has 3 nitrogen and oxygen atoms in total. The zero-order valence-electron chi connectivity index (χ0n) is 18.9. The van der Waals surface area contributed by atoms with Crippen LogP contribution in [0.2, 0.25) is 5.02 Å². The SMILES string of the molecule is CC(C)CNC(=O)C[C@@H](c1cccc(Cl)c1)c1cn(Cc2ccc(F)cc2)c2ccccc12. The number of amides is 1. The summed E-state index contributed by atoms with van der Waals surface area (Å²) in [4.78, 5) is 12.9. The topological polar surface area (TPSA) is 34.0 Å². The van der Waals surface area contributed by atoms with Crippen molar-refractivity contribution in [2.45, 2.75) is 32.7 Å². The molecule has 0 saturated heterocycles. The molecule has 1 heterocycles. The fourth-order valence-electron chi connectivity index (χ4n) is 4.18. The molecule has 170 valence electrons. The number of fused-ring (bicyclic) bond motifs is 1. The van der Waals surface area contributed by atoms with Crippen LogP contribution in [0.1, 0.15) is 42.9 Å². The third-order valence-electron chi connectivity index (χ3n) is 5.81. The van der Waals surface area contributed by atoms with Gasteiger partial charge >= 0.3 is 0 Å². The van der Waals surface area contributed by atoms with Gasteiger partial charge in [-0.1, -0.05) is 67.9 Å². The lowest BCUT2D eigenvalue weighted by Gasteiger charge is -2.18. The molecule has 0 unspecified atom stereocenters. The Labute approximate surface area is 199 Å². The van der Waals surface area contributed by atoms with Gasteiger partial charge in [-0.2, -0.15) is 0 Å². The number of nitrogens with zero attached hydrogens (tertiary/aromatic N) is 1. The predicted molar refractivity (Wildman–Crippen MR) is 133 cm³/mol. The number of benzene rings is 3. The third kappa shape index (κ3) is 5.63. The lowest BCUT2D eigenvalue weighted by Crippen LogP contribution is -2.28. The Morgan fingerprint density at radius 1 is 1.03 bits per heavy atom. The number of para-hydroxylation sites is 1. The molecule has 0 aliphatic rings. The van der Waals surface area contributed by atoms with Gasteiger partial charge in [0.05, 0.1) is 0 Å². The number of carbonyl (C=O) groups is 1. The maximum absolute atomic E-state index is 13.4. The van der Waals surface area contributed by atoms with Crippen LogP contribution in [0.15, 0.2) is 79.0 Å². The normalized spacial score (nSPS) is 12.3. The highest BCUT2D eigenvalue weighted by Crippen LogP contribution is 2.36. The minimum absolute atomic E-state index is 0.0176. The van der Waals surface area contributed by atoms with Gasteiger partial charge in [-0.15, -0.1) is 0 Å². The number of hydrogen-bond acceptors (Lipinski definition) is 1. The Bertz CT molecular complexity index is 1250. The Balaban J connectivity index is 1.75. The molecule has 4 rings (SSSR count). The van der Waals surface area contributed by atoms with Crippen molar-refractivity contribution in [2.24, 2.45) is 5.92 Å². The van der Waals surface area contributed by atoms with Crippen molar-refractivity contribution in [2.75, 3.05) is 6.54 Å². The fraction of sp³-hybridized carbons (Fsp3) is 0.250. The molecule has 1 atom stereocenters. The third-order valence-corrected chi connectivity index (χ3v) is 6.04. The van der Waals surface area contributed by atoms with Crippen LogP contribution in [0, 0.1) is 11.7 Å². The van der Waals surface area contributed by atoms with Crippen molar-refractivity contribution in [3.63, 3.8) is 0 Å². The summed E-state index contributed by atoms with van der Waals surface area (Å²) in [5, 5.41) is 4.80. The van der Waals surface area contributed by atoms with Crippen molar-refractivity contribution < 1.29 is 9.18 Å². The Kier molecular flexibility index (Phi) is 7.14. The fourth-order valence-corrected chi connectivity index (χ4v) is 4.38. The number of halogens is 2. The molecule has 1 amide bonds. The van der Waals surface area contributed by atoms with Crippen LogP contribution >= 0.6 is 11.6 Å². The van der Waals surface area contributed by atoms with Gasteiger partial charge in [0.15, 0.2) is 0 Å². The Morgan fingerprint density at radius 3 is 2.52 bits per heavy atom. The van der Waals surface area contributed by atoms with E-state index in [1.165, 1.54) is 12.1 Å². The first kappa shape index (κ1) is 23.1. The average molecular weight is 463 g/mol. The van der Waals surface area contributed by atoms with E-state index in [-0.39, 0.29) is 17.6 Å². The molecule has 4 aromatic rings. The van der Waals surface area contributed by atoms with E-state index < -0.39 is 0 Å². The van der Waals surface area contributed by atoms with E-state index in [1.807, 2.05) is 36.4 Å². The number of aromatic nitrogens is 1. The second-order valence-electron chi connectivity index (χ2n) is 8.87. The molecule has 0 aliphatic carbocycles. The van der Waals surface area contributed by atoms with Gasteiger partial charge in [0, 0.05) is 47.6 Å². The predicted octanol–water partition coefficient (Wildman–Crippen LogP) is 6.78. The molecular formula is C28H28ClFN2O. The molecule has 0 radical (unpaired) electrons. The maximum Gasteiger partial charge on any atom is 0.220 e. The van der Waals surface area contributed by atoms with Gasteiger partial charge in [-0.25, -0.2) is 4.39 Å². The molecule has 0 aliphatic heterocycles. The second kappa shape index (κ2) is 10.2. The minimum Gasteiger partial charge on any atom is -0.356 e. The molecule has 5 heteroatoms. The highest BCUT2D eigenvalue weighted by Gasteiger charge is 2.23. The summed E-state index contributed by atoms with van der Waals surface area (Å²) in [6.07, 6.45) is 2.45. The molecule has 1 aromatic heterocycles. The summed E-state index contributed by atoms with van der Waals surface area (Å²) < 4.78 is 15.6. The van der Waals surface area contributed by atoms with E-state index in [4.69, 9.17) is 11.6 Å². The molecule has 33 heavy (non-hydrogen) atoms.